The summed E-state index contributed by atoms with van der Waals surface area (Å²) in [6.45, 7) is -0.249. The maximum Gasteiger partial charge on any atom is 0.301 e. The fraction of sp³-hybridized carbons (Fsp3) is 0.263. The molecule has 1 atom stereocenters. The summed E-state index contributed by atoms with van der Waals surface area (Å²) >= 11 is 0. The van der Waals surface area contributed by atoms with Crippen molar-refractivity contribution in [3.05, 3.63) is 47.9 Å². The molecule has 11 heteroatoms. The smallest absolute Gasteiger partial charge is 0.301 e. The van der Waals surface area contributed by atoms with Gasteiger partial charge >= 0.3 is 10.2 Å². The molecule has 0 amide bonds. The van der Waals surface area contributed by atoms with Crippen molar-refractivity contribution in [2.75, 3.05) is 17.8 Å². The van der Waals surface area contributed by atoms with Gasteiger partial charge in [-0.3, -0.25) is 9.40 Å². The van der Waals surface area contributed by atoms with Crippen molar-refractivity contribution < 1.29 is 21.9 Å². The lowest BCUT2D eigenvalue weighted by molar-refractivity contribution is 0.343. The van der Waals surface area contributed by atoms with Crippen molar-refractivity contribution in [2.24, 2.45) is 7.05 Å². The molecule has 3 aromatic rings. The first-order valence-corrected chi connectivity index (χ1v) is 10.5. The summed E-state index contributed by atoms with van der Waals surface area (Å²) in [4.78, 5) is 0. The number of ether oxygens (including phenoxy) is 1. The Bertz CT molecular complexity index is 1270. The largest absolute Gasteiger partial charge is 0.453 e. The number of rotatable bonds is 5. The molecule has 30 heavy (non-hydrogen) atoms. The molecule has 8 nitrogen and oxygen atoms in total. The first-order valence-electron chi connectivity index (χ1n) is 9.02. The molecule has 0 aliphatic carbocycles. The highest BCUT2D eigenvalue weighted by molar-refractivity contribution is 7.90. The van der Waals surface area contributed by atoms with Crippen LogP contribution >= 0.6 is 0 Å². The maximum atomic E-state index is 14.5. The second kappa shape index (κ2) is 7.55. The Labute approximate surface area is 171 Å². The van der Waals surface area contributed by atoms with E-state index < -0.39 is 27.9 Å². The zero-order valence-electron chi connectivity index (χ0n) is 15.8. The maximum absolute atomic E-state index is 14.5. The number of nitrogens with zero attached hydrogens (tertiary/aromatic N) is 4. The van der Waals surface area contributed by atoms with Crippen LogP contribution in [0.25, 0.3) is 10.9 Å². The van der Waals surface area contributed by atoms with Crippen LogP contribution in [0.2, 0.25) is 0 Å². The van der Waals surface area contributed by atoms with Gasteiger partial charge in [-0.2, -0.15) is 23.1 Å². The first-order chi connectivity index (χ1) is 14.3. The van der Waals surface area contributed by atoms with E-state index in [2.05, 4.69) is 9.82 Å². The average molecular weight is 433 g/mol. The molecule has 1 aromatic heterocycles. The molecule has 1 aliphatic heterocycles. The predicted molar refractivity (Wildman–Crippen MR) is 106 cm³/mol. The van der Waals surface area contributed by atoms with Crippen molar-refractivity contribution in [1.29, 1.82) is 5.26 Å². The number of aromatic nitrogens is 2. The average Bonchev–Trinajstić information content (AvgIpc) is 3.29. The topological polar surface area (TPSA) is 100 Å². The van der Waals surface area contributed by atoms with Gasteiger partial charge in [0.05, 0.1) is 11.2 Å². The van der Waals surface area contributed by atoms with Crippen LogP contribution in [0.1, 0.15) is 12.0 Å². The number of halogens is 2. The number of benzene rings is 2. The van der Waals surface area contributed by atoms with Gasteiger partial charge in [-0.25, -0.2) is 8.78 Å². The van der Waals surface area contributed by atoms with Gasteiger partial charge in [-0.1, -0.05) is 0 Å². The van der Waals surface area contributed by atoms with Gasteiger partial charge in [0, 0.05) is 31.7 Å². The second-order valence-electron chi connectivity index (χ2n) is 6.89. The summed E-state index contributed by atoms with van der Waals surface area (Å²) in [6.07, 6.45) is 0.606. The van der Waals surface area contributed by atoms with Crippen LogP contribution in [0.5, 0.6) is 11.5 Å². The fourth-order valence-corrected chi connectivity index (χ4v) is 4.55. The van der Waals surface area contributed by atoms with Crippen molar-refractivity contribution in [3.8, 4) is 17.6 Å². The van der Waals surface area contributed by atoms with E-state index in [1.807, 2.05) is 0 Å². The molecular weight excluding hydrogens is 416 g/mol. The minimum absolute atomic E-state index is 0.0219. The predicted octanol–water partition coefficient (Wildman–Crippen LogP) is 3.08. The van der Waals surface area contributed by atoms with E-state index in [-0.39, 0.29) is 36.5 Å². The third-order valence-corrected chi connectivity index (χ3v) is 6.19. The van der Waals surface area contributed by atoms with E-state index in [9.17, 15) is 22.5 Å². The van der Waals surface area contributed by atoms with E-state index in [0.717, 1.165) is 21.8 Å². The zero-order valence-corrected chi connectivity index (χ0v) is 16.7. The second-order valence-corrected chi connectivity index (χ2v) is 8.56. The van der Waals surface area contributed by atoms with Crippen LogP contribution in [0.15, 0.2) is 36.5 Å². The van der Waals surface area contributed by atoms with Gasteiger partial charge in [0.2, 0.25) is 0 Å². The number of anilines is 1. The van der Waals surface area contributed by atoms with Gasteiger partial charge in [0.1, 0.15) is 23.6 Å². The van der Waals surface area contributed by atoms with Crippen molar-refractivity contribution in [3.63, 3.8) is 0 Å². The first kappa shape index (κ1) is 20.1. The summed E-state index contributed by atoms with van der Waals surface area (Å²) in [5.74, 6) is -0.984. The molecule has 0 bridgehead atoms. The number of alkyl halides is 1. The number of aryl methyl sites for hydroxylation is 1. The Balaban J connectivity index is 1.67. The zero-order chi connectivity index (χ0) is 21.5. The molecule has 1 saturated heterocycles. The molecule has 1 N–H and O–H groups in total. The number of hydrogen-bond donors (Lipinski definition) is 1. The van der Waals surface area contributed by atoms with Crippen LogP contribution in [-0.2, 0) is 17.3 Å². The lowest BCUT2D eigenvalue weighted by atomic mass is 10.1. The Morgan fingerprint density at radius 3 is 2.83 bits per heavy atom. The Morgan fingerprint density at radius 2 is 2.13 bits per heavy atom. The molecule has 1 fully saturated rings. The van der Waals surface area contributed by atoms with E-state index in [0.29, 0.717) is 5.52 Å². The number of nitrogens with one attached hydrogen (secondary N) is 1. The summed E-state index contributed by atoms with van der Waals surface area (Å²) in [6, 6.07) is 8.80. The SMILES string of the molecule is Cn1cc2cc(Oc3c(F)ccc(NS(=O)(=O)N4CC[C@@H](F)C4)c3C#N)ccc2n1. The standard InChI is InChI=1S/C19H17F2N5O3S/c1-25-10-12-8-14(2-4-17(12)23-25)29-19-15(9-22)18(5-3-16(19)21)24-30(27,28)26-7-6-13(20)11-26/h2-5,8,10,13,24H,6-7,11H2,1H3/t13-/m1/s1. The molecule has 4 rings (SSSR count). The van der Waals surface area contributed by atoms with E-state index >= 15 is 0 Å². The van der Waals surface area contributed by atoms with Gasteiger partial charge in [0.15, 0.2) is 11.6 Å². The minimum Gasteiger partial charge on any atom is -0.453 e. The lowest BCUT2D eigenvalue weighted by Gasteiger charge is -2.18. The van der Waals surface area contributed by atoms with Crippen molar-refractivity contribution in [2.45, 2.75) is 12.6 Å². The molecule has 156 valence electrons. The van der Waals surface area contributed by atoms with E-state index in [1.54, 1.807) is 42.2 Å². The van der Waals surface area contributed by atoms with Crippen LogP contribution < -0.4 is 9.46 Å². The lowest BCUT2D eigenvalue weighted by Crippen LogP contribution is -2.34. The third-order valence-electron chi connectivity index (χ3n) is 4.70. The number of fused-ring (bicyclic) bond motifs is 1. The molecule has 2 heterocycles. The molecule has 0 spiro atoms. The highest BCUT2D eigenvalue weighted by Gasteiger charge is 2.32. The minimum atomic E-state index is -4.10. The molecule has 0 saturated carbocycles. The van der Waals surface area contributed by atoms with Crippen LogP contribution in [0.3, 0.4) is 0 Å². The fourth-order valence-electron chi connectivity index (χ4n) is 3.27. The molecular formula is C19H17F2N5O3S. The number of nitriles is 1. The highest BCUT2D eigenvalue weighted by Crippen LogP contribution is 2.34. The van der Waals surface area contributed by atoms with Crippen molar-refractivity contribution >= 4 is 26.8 Å². The monoisotopic (exact) mass is 433 g/mol. The number of hydrogen-bond acceptors (Lipinski definition) is 5. The Kier molecular flexibility index (Phi) is 5.05. The highest BCUT2D eigenvalue weighted by atomic mass is 32.2. The molecule has 1 aliphatic rings. The van der Waals surface area contributed by atoms with Crippen LogP contribution in [0, 0.1) is 17.1 Å². The van der Waals surface area contributed by atoms with Crippen molar-refractivity contribution in [1.82, 2.24) is 14.1 Å². The summed E-state index contributed by atoms with van der Waals surface area (Å²) in [5.41, 5.74) is 0.239. The quantitative estimate of drug-likeness (QED) is 0.667. The van der Waals surface area contributed by atoms with Gasteiger partial charge in [0.25, 0.3) is 0 Å². The normalized spacial score (nSPS) is 17.2. The Morgan fingerprint density at radius 1 is 1.33 bits per heavy atom. The van der Waals surface area contributed by atoms with Gasteiger partial charge in [-0.15, -0.1) is 0 Å². The molecule has 0 unspecified atom stereocenters. The summed E-state index contributed by atoms with van der Waals surface area (Å²) in [5, 5.41) is 14.5. The third kappa shape index (κ3) is 3.79. The van der Waals surface area contributed by atoms with Gasteiger partial charge < -0.3 is 4.74 Å². The van der Waals surface area contributed by atoms with E-state index in [1.165, 1.54) is 0 Å². The molecule has 2 aromatic carbocycles. The van der Waals surface area contributed by atoms with Crippen LogP contribution in [-0.4, -0.2) is 41.8 Å². The molecule has 0 radical (unpaired) electrons. The van der Waals surface area contributed by atoms with E-state index in [4.69, 9.17) is 4.74 Å². The summed E-state index contributed by atoms with van der Waals surface area (Å²) in [7, 11) is -2.34. The van der Waals surface area contributed by atoms with Gasteiger partial charge in [-0.05, 0) is 36.8 Å². The Hall–Kier alpha value is -3.23. The summed E-state index contributed by atoms with van der Waals surface area (Å²) < 4.78 is 63.3. The van der Waals surface area contributed by atoms with Crippen LogP contribution in [0.4, 0.5) is 14.5 Å².